The molecule has 0 aromatic rings. The SMILES string of the molecule is C=C(C)C1C(=O)C(C)=C1OC. The quantitative estimate of drug-likeness (QED) is 0.563. The van der Waals surface area contributed by atoms with E-state index in [0.29, 0.717) is 0 Å². The van der Waals surface area contributed by atoms with E-state index in [1.807, 2.05) is 6.92 Å². The molecule has 1 aliphatic carbocycles. The van der Waals surface area contributed by atoms with Crippen molar-refractivity contribution in [3.05, 3.63) is 23.5 Å². The molecule has 0 saturated carbocycles. The molecular weight excluding hydrogens is 140 g/mol. The first-order valence-corrected chi connectivity index (χ1v) is 3.54. The summed E-state index contributed by atoms with van der Waals surface area (Å²) >= 11 is 0. The predicted octanol–water partition coefficient (Wildman–Crippen LogP) is 1.68. The Kier molecular flexibility index (Phi) is 1.85. The van der Waals surface area contributed by atoms with Gasteiger partial charge in [-0.25, -0.2) is 0 Å². The third-order valence-electron chi connectivity index (χ3n) is 1.98. The minimum Gasteiger partial charge on any atom is -0.500 e. The number of ether oxygens (including phenoxy) is 1. The van der Waals surface area contributed by atoms with Crippen molar-refractivity contribution < 1.29 is 9.53 Å². The van der Waals surface area contributed by atoms with Crippen molar-refractivity contribution >= 4 is 5.78 Å². The van der Waals surface area contributed by atoms with E-state index in [-0.39, 0.29) is 11.7 Å². The summed E-state index contributed by atoms with van der Waals surface area (Å²) in [7, 11) is 1.58. The molecule has 0 saturated heterocycles. The lowest BCUT2D eigenvalue weighted by molar-refractivity contribution is -0.121. The summed E-state index contributed by atoms with van der Waals surface area (Å²) in [4.78, 5) is 11.2. The minimum atomic E-state index is -0.167. The number of allylic oxidation sites excluding steroid dienone is 2. The van der Waals surface area contributed by atoms with Gasteiger partial charge in [-0.1, -0.05) is 12.2 Å². The zero-order valence-electron chi connectivity index (χ0n) is 7.10. The average Bonchev–Trinajstić information content (AvgIpc) is 1.96. The van der Waals surface area contributed by atoms with Gasteiger partial charge in [0.2, 0.25) is 0 Å². The van der Waals surface area contributed by atoms with Crippen LogP contribution in [0.4, 0.5) is 0 Å². The maximum absolute atomic E-state index is 11.2. The fourth-order valence-electron chi connectivity index (χ4n) is 1.31. The van der Waals surface area contributed by atoms with Crippen LogP contribution in [0.15, 0.2) is 23.5 Å². The summed E-state index contributed by atoms with van der Waals surface area (Å²) < 4.78 is 5.04. The molecule has 60 valence electrons. The number of methoxy groups -OCH3 is 1. The van der Waals surface area contributed by atoms with Crippen LogP contribution in [0.2, 0.25) is 0 Å². The van der Waals surface area contributed by atoms with Gasteiger partial charge < -0.3 is 4.74 Å². The molecule has 2 heteroatoms. The highest BCUT2D eigenvalue weighted by Crippen LogP contribution is 2.35. The molecule has 1 aliphatic rings. The van der Waals surface area contributed by atoms with Gasteiger partial charge in [0.05, 0.1) is 7.11 Å². The number of rotatable bonds is 2. The maximum Gasteiger partial charge on any atom is 0.176 e. The van der Waals surface area contributed by atoms with Gasteiger partial charge in [-0.3, -0.25) is 4.79 Å². The molecule has 0 heterocycles. The first-order valence-electron chi connectivity index (χ1n) is 3.54. The first kappa shape index (κ1) is 8.05. The van der Waals surface area contributed by atoms with Crippen LogP contribution in [0.5, 0.6) is 0 Å². The Morgan fingerprint density at radius 2 is 2.18 bits per heavy atom. The van der Waals surface area contributed by atoms with E-state index < -0.39 is 0 Å². The Morgan fingerprint density at radius 3 is 2.45 bits per heavy atom. The second-order valence-electron chi connectivity index (χ2n) is 2.84. The van der Waals surface area contributed by atoms with Crippen LogP contribution < -0.4 is 0 Å². The Labute approximate surface area is 66.5 Å². The van der Waals surface area contributed by atoms with Gasteiger partial charge in [-0.2, -0.15) is 0 Å². The van der Waals surface area contributed by atoms with E-state index in [1.54, 1.807) is 14.0 Å². The van der Waals surface area contributed by atoms with Crippen molar-refractivity contribution in [2.45, 2.75) is 13.8 Å². The van der Waals surface area contributed by atoms with Crippen molar-refractivity contribution in [1.82, 2.24) is 0 Å². The number of ketones is 1. The maximum atomic E-state index is 11.2. The smallest absolute Gasteiger partial charge is 0.176 e. The number of Topliss-reactive ketones (excluding diaryl/α,β-unsaturated/α-hetero) is 1. The molecule has 0 bridgehead atoms. The third-order valence-corrected chi connectivity index (χ3v) is 1.98. The normalized spacial score (nSPS) is 23.2. The largest absolute Gasteiger partial charge is 0.500 e. The van der Waals surface area contributed by atoms with E-state index in [0.717, 1.165) is 16.9 Å². The highest BCUT2D eigenvalue weighted by atomic mass is 16.5. The summed E-state index contributed by atoms with van der Waals surface area (Å²) in [6.45, 7) is 7.34. The molecule has 0 aromatic carbocycles. The zero-order valence-corrected chi connectivity index (χ0v) is 7.10. The van der Waals surface area contributed by atoms with Gasteiger partial charge in [0.1, 0.15) is 11.7 Å². The molecule has 1 atom stereocenters. The summed E-state index contributed by atoms with van der Waals surface area (Å²) in [5.74, 6) is 0.761. The number of carbonyl (C=O) groups excluding carboxylic acids is 1. The van der Waals surface area contributed by atoms with Gasteiger partial charge in [0, 0.05) is 5.57 Å². The van der Waals surface area contributed by atoms with Gasteiger partial charge in [0.15, 0.2) is 5.78 Å². The van der Waals surface area contributed by atoms with E-state index >= 15 is 0 Å². The molecule has 0 aromatic heterocycles. The van der Waals surface area contributed by atoms with Gasteiger partial charge in [-0.05, 0) is 13.8 Å². The average molecular weight is 152 g/mol. The van der Waals surface area contributed by atoms with Gasteiger partial charge >= 0.3 is 0 Å². The van der Waals surface area contributed by atoms with Crippen molar-refractivity contribution in [3.63, 3.8) is 0 Å². The molecule has 2 nitrogen and oxygen atoms in total. The topological polar surface area (TPSA) is 26.3 Å². The fraction of sp³-hybridized carbons (Fsp3) is 0.444. The van der Waals surface area contributed by atoms with Crippen LogP contribution in [0.25, 0.3) is 0 Å². The van der Waals surface area contributed by atoms with E-state index in [4.69, 9.17) is 4.74 Å². The first-order chi connectivity index (χ1) is 5.09. The molecule has 0 amide bonds. The minimum absolute atomic E-state index is 0.148. The zero-order chi connectivity index (χ0) is 8.59. The Hall–Kier alpha value is -1.05. The van der Waals surface area contributed by atoms with Crippen LogP contribution in [0, 0.1) is 5.92 Å². The number of carbonyl (C=O) groups is 1. The standard InChI is InChI=1S/C9H12O2/c1-5(2)7-8(10)6(3)9(7)11-4/h7H,1H2,2-4H3. The van der Waals surface area contributed by atoms with Crippen LogP contribution in [-0.2, 0) is 9.53 Å². The fourth-order valence-corrected chi connectivity index (χ4v) is 1.31. The molecule has 0 N–H and O–H groups in total. The molecule has 0 fully saturated rings. The predicted molar refractivity (Wildman–Crippen MR) is 43.0 cm³/mol. The molecule has 0 aliphatic heterocycles. The molecule has 0 spiro atoms. The second-order valence-corrected chi connectivity index (χ2v) is 2.84. The van der Waals surface area contributed by atoms with E-state index in [1.165, 1.54) is 0 Å². The molecule has 11 heavy (non-hydrogen) atoms. The molecule has 1 unspecified atom stereocenters. The second kappa shape index (κ2) is 2.53. The Bertz CT molecular complexity index is 248. The van der Waals surface area contributed by atoms with Gasteiger partial charge in [-0.15, -0.1) is 0 Å². The van der Waals surface area contributed by atoms with Crippen LogP contribution in [0.1, 0.15) is 13.8 Å². The van der Waals surface area contributed by atoms with Crippen LogP contribution in [-0.4, -0.2) is 12.9 Å². The third kappa shape index (κ3) is 0.985. The molecule has 1 rings (SSSR count). The highest BCUT2D eigenvalue weighted by molar-refractivity contribution is 6.07. The summed E-state index contributed by atoms with van der Waals surface area (Å²) in [6, 6.07) is 0. The number of hydrogen-bond donors (Lipinski definition) is 0. The lowest BCUT2D eigenvalue weighted by Crippen LogP contribution is -2.31. The van der Waals surface area contributed by atoms with Gasteiger partial charge in [0.25, 0.3) is 0 Å². The Balaban J connectivity index is 2.91. The van der Waals surface area contributed by atoms with Crippen molar-refractivity contribution in [2.24, 2.45) is 5.92 Å². The van der Waals surface area contributed by atoms with Crippen LogP contribution in [0.3, 0.4) is 0 Å². The van der Waals surface area contributed by atoms with E-state index in [2.05, 4.69) is 6.58 Å². The van der Waals surface area contributed by atoms with Crippen molar-refractivity contribution in [1.29, 1.82) is 0 Å². The van der Waals surface area contributed by atoms with E-state index in [9.17, 15) is 4.79 Å². The number of hydrogen-bond acceptors (Lipinski definition) is 2. The van der Waals surface area contributed by atoms with Crippen molar-refractivity contribution in [3.8, 4) is 0 Å². The van der Waals surface area contributed by atoms with Crippen molar-refractivity contribution in [2.75, 3.05) is 7.11 Å². The molecule has 0 radical (unpaired) electrons. The lowest BCUT2D eigenvalue weighted by atomic mass is 9.79. The summed E-state index contributed by atoms with van der Waals surface area (Å²) in [5.41, 5.74) is 1.60. The highest BCUT2D eigenvalue weighted by Gasteiger charge is 2.37. The lowest BCUT2D eigenvalue weighted by Gasteiger charge is -2.28. The van der Waals surface area contributed by atoms with Crippen LogP contribution >= 0.6 is 0 Å². The molecular formula is C9H12O2. The summed E-state index contributed by atoms with van der Waals surface area (Å²) in [5, 5.41) is 0. The Morgan fingerprint density at radius 1 is 1.64 bits per heavy atom. The summed E-state index contributed by atoms with van der Waals surface area (Å²) in [6.07, 6.45) is 0. The monoisotopic (exact) mass is 152 g/mol.